The van der Waals surface area contributed by atoms with Crippen LogP contribution in [0.5, 0.6) is 0 Å². The fourth-order valence-electron chi connectivity index (χ4n) is 2.33. The predicted molar refractivity (Wildman–Crippen MR) is 101 cm³/mol. The third-order valence-electron chi connectivity index (χ3n) is 3.46. The standard InChI is InChI=1S/C20H20N2O6/c1-13(23)27-17(19(25)21-15-9-5-3-6-10-15)18(28-14(2)24)20(26)22-16-11-7-4-8-12-16/h3-12,17-18H,1-2H3,(H,21,25)(H,22,26)/t17-,18+. The first-order chi connectivity index (χ1) is 13.4. The van der Waals surface area contributed by atoms with E-state index in [2.05, 4.69) is 10.6 Å². The number of hydrogen-bond acceptors (Lipinski definition) is 6. The first-order valence-electron chi connectivity index (χ1n) is 8.43. The van der Waals surface area contributed by atoms with Gasteiger partial charge in [-0.1, -0.05) is 36.4 Å². The number of carbonyl (C=O) groups excluding carboxylic acids is 4. The number of amides is 2. The molecular formula is C20H20N2O6. The van der Waals surface area contributed by atoms with Crippen LogP contribution in [0.15, 0.2) is 60.7 Å². The van der Waals surface area contributed by atoms with Gasteiger partial charge >= 0.3 is 11.9 Å². The van der Waals surface area contributed by atoms with Crippen molar-refractivity contribution in [3.63, 3.8) is 0 Å². The lowest BCUT2D eigenvalue weighted by atomic mass is 10.1. The molecule has 0 heterocycles. The Bertz CT molecular complexity index is 767. The van der Waals surface area contributed by atoms with Gasteiger partial charge in [0.1, 0.15) is 0 Å². The number of ether oxygens (including phenoxy) is 2. The van der Waals surface area contributed by atoms with Crippen LogP contribution in [-0.4, -0.2) is 36.0 Å². The Morgan fingerprint density at radius 3 is 1.25 bits per heavy atom. The van der Waals surface area contributed by atoms with Gasteiger partial charge < -0.3 is 20.1 Å². The molecule has 0 spiro atoms. The Morgan fingerprint density at radius 1 is 0.643 bits per heavy atom. The Balaban J connectivity index is 2.27. The summed E-state index contributed by atoms with van der Waals surface area (Å²) in [6.45, 7) is 2.17. The van der Waals surface area contributed by atoms with Gasteiger partial charge in [-0.3, -0.25) is 19.2 Å². The van der Waals surface area contributed by atoms with E-state index in [0.717, 1.165) is 13.8 Å². The van der Waals surface area contributed by atoms with Crippen LogP contribution in [0.1, 0.15) is 13.8 Å². The molecule has 8 heteroatoms. The van der Waals surface area contributed by atoms with Gasteiger partial charge in [0, 0.05) is 25.2 Å². The van der Waals surface area contributed by atoms with Crippen molar-refractivity contribution in [2.24, 2.45) is 0 Å². The number of benzene rings is 2. The Labute approximate surface area is 161 Å². The molecule has 2 amide bonds. The summed E-state index contributed by atoms with van der Waals surface area (Å²) in [6, 6.07) is 16.8. The van der Waals surface area contributed by atoms with E-state index in [9.17, 15) is 19.2 Å². The van der Waals surface area contributed by atoms with Crippen LogP contribution in [0.25, 0.3) is 0 Å². The van der Waals surface area contributed by atoms with E-state index in [1.807, 2.05) is 0 Å². The van der Waals surface area contributed by atoms with Crippen LogP contribution in [0.4, 0.5) is 11.4 Å². The Kier molecular flexibility index (Phi) is 7.27. The summed E-state index contributed by atoms with van der Waals surface area (Å²) < 4.78 is 10.0. The average Bonchev–Trinajstić information content (AvgIpc) is 2.65. The van der Waals surface area contributed by atoms with Crippen LogP contribution in [0.3, 0.4) is 0 Å². The molecule has 146 valence electrons. The molecule has 0 saturated carbocycles. The lowest BCUT2D eigenvalue weighted by molar-refractivity contribution is -0.171. The number of hydrogen-bond donors (Lipinski definition) is 2. The summed E-state index contributed by atoms with van der Waals surface area (Å²) in [5.41, 5.74) is 0.851. The summed E-state index contributed by atoms with van der Waals surface area (Å²) in [4.78, 5) is 48.4. The predicted octanol–water partition coefficient (Wildman–Crippen LogP) is 2.13. The SMILES string of the molecule is CC(=O)O[C@H](C(=O)Nc1ccccc1)[C@@H](OC(C)=O)C(=O)Nc1ccccc1. The van der Waals surface area contributed by atoms with Crippen molar-refractivity contribution in [2.75, 3.05) is 10.6 Å². The smallest absolute Gasteiger partial charge is 0.303 e. The molecule has 0 aromatic heterocycles. The van der Waals surface area contributed by atoms with E-state index < -0.39 is 36.0 Å². The van der Waals surface area contributed by atoms with Gasteiger partial charge in [0.05, 0.1) is 0 Å². The summed E-state index contributed by atoms with van der Waals surface area (Å²) in [5.74, 6) is -3.23. The van der Waals surface area contributed by atoms with E-state index in [1.165, 1.54) is 0 Å². The quantitative estimate of drug-likeness (QED) is 0.708. The second-order valence-corrected chi connectivity index (χ2v) is 5.77. The first kappa shape index (κ1) is 20.6. The van der Waals surface area contributed by atoms with Crippen molar-refractivity contribution in [1.82, 2.24) is 0 Å². The van der Waals surface area contributed by atoms with Crippen LogP contribution in [0.2, 0.25) is 0 Å². The third-order valence-corrected chi connectivity index (χ3v) is 3.46. The van der Waals surface area contributed by atoms with Crippen LogP contribution < -0.4 is 10.6 Å². The highest BCUT2D eigenvalue weighted by Gasteiger charge is 2.39. The number of carbonyl (C=O) groups is 4. The zero-order valence-electron chi connectivity index (χ0n) is 15.4. The Hall–Kier alpha value is -3.68. The van der Waals surface area contributed by atoms with Crippen molar-refractivity contribution >= 4 is 35.1 Å². The number of nitrogens with one attached hydrogen (secondary N) is 2. The van der Waals surface area contributed by atoms with Crippen molar-refractivity contribution in [3.8, 4) is 0 Å². The van der Waals surface area contributed by atoms with Gasteiger partial charge in [-0.25, -0.2) is 0 Å². The summed E-state index contributed by atoms with van der Waals surface area (Å²) in [7, 11) is 0. The summed E-state index contributed by atoms with van der Waals surface area (Å²) >= 11 is 0. The maximum atomic E-state index is 12.7. The van der Waals surface area contributed by atoms with Gasteiger partial charge in [-0.2, -0.15) is 0 Å². The van der Waals surface area contributed by atoms with Crippen molar-refractivity contribution < 1.29 is 28.7 Å². The monoisotopic (exact) mass is 384 g/mol. The summed E-state index contributed by atoms with van der Waals surface area (Å²) in [5, 5.41) is 5.06. The van der Waals surface area contributed by atoms with Crippen LogP contribution in [0, 0.1) is 0 Å². The van der Waals surface area contributed by atoms with E-state index in [4.69, 9.17) is 9.47 Å². The highest BCUT2D eigenvalue weighted by molar-refractivity contribution is 6.03. The van der Waals surface area contributed by atoms with E-state index in [1.54, 1.807) is 60.7 Å². The maximum absolute atomic E-state index is 12.7. The molecule has 0 aliphatic heterocycles. The molecule has 0 saturated heterocycles. The highest BCUT2D eigenvalue weighted by Crippen LogP contribution is 2.14. The van der Waals surface area contributed by atoms with Gasteiger partial charge in [0.2, 0.25) is 12.2 Å². The average molecular weight is 384 g/mol. The molecule has 0 radical (unpaired) electrons. The summed E-state index contributed by atoms with van der Waals surface area (Å²) in [6.07, 6.45) is -3.35. The van der Waals surface area contributed by atoms with Crippen LogP contribution in [-0.2, 0) is 28.7 Å². The van der Waals surface area contributed by atoms with E-state index in [0.29, 0.717) is 11.4 Å². The number of esters is 2. The van der Waals surface area contributed by atoms with Crippen LogP contribution >= 0.6 is 0 Å². The molecule has 2 atom stereocenters. The number of rotatable bonds is 7. The van der Waals surface area contributed by atoms with E-state index in [-0.39, 0.29) is 0 Å². The normalized spacial score (nSPS) is 12.2. The first-order valence-corrected chi connectivity index (χ1v) is 8.43. The third kappa shape index (κ3) is 6.24. The molecule has 2 rings (SSSR count). The Morgan fingerprint density at radius 2 is 0.964 bits per heavy atom. The molecule has 2 aromatic rings. The minimum atomic E-state index is -1.68. The maximum Gasteiger partial charge on any atom is 0.303 e. The fraction of sp³-hybridized carbons (Fsp3) is 0.200. The molecule has 0 fully saturated rings. The number of para-hydroxylation sites is 2. The molecule has 0 aliphatic carbocycles. The minimum absolute atomic E-state index is 0.426. The molecular weight excluding hydrogens is 364 g/mol. The molecule has 0 unspecified atom stereocenters. The molecule has 2 N–H and O–H groups in total. The highest BCUT2D eigenvalue weighted by atomic mass is 16.6. The van der Waals surface area contributed by atoms with Crippen molar-refractivity contribution in [1.29, 1.82) is 0 Å². The minimum Gasteiger partial charge on any atom is -0.448 e. The van der Waals surface area contributed by atoms with Gasteiger partial charge in [-0.15, -0.1) is 0 Å². The van der Waals surface area contributed by atoms with E-state index >= 15 is 0 Å². The molecule has 0 bridgehead atoms. The topological polar surface area (TPSA) is 111 Å². The molecule has 28 heavy (non-hydrogen) atoms. The van der Waals surface area contributed by atoms with Gasteiger partial charge in [0.25, 0.3) is 11.8 Å². The zero-order chi connectivity index (χ0) is 20.5. The second-order valence-electron chi connectivity index (χ2n) is 5.77. The lowest BCUT2D eigenvalue weighted by Crippen LogP contribution is -2.49. The number of anilines is 2. The van der Waals surface area contributed by atoms with Gasteiger partial charge in [0.15, 0.2) is 0 Å². The second kappa shape index (κ2) is 9.86. The lowest BCUT2D eigenvalue weighted by Gasteiger charge is -2.24. The fourth-order valence-corrected chi connectivity index (χ4v) is 2.33. The van der Waals surface area contributed by atoms with Gasteiger partial charge in [-0.05, 0) is 24.3 Å². The zero-order valence-corrected chi connectivity index (χ0v) is 15.4. The molecule has 2 aromatic carbocycles. The van der Waals surface area contributed by atoms with Crippen molar-refractivity contribution in [2.45, 2.75) is 26.1 Å². The van der Waals surface area contributed by atoms with Crippen molar-refractivity contribution in [3.05, 3.63) is 60.7 Å². The molecule has 0 aliphatic rings. The largest absolute Gasteiger partial charge is 0.448 e. The molecule has 8 nitrogen and oxygen atoms in total.